The number of carboxylic acids is 1. The number of anilines is 1. The predicted octanol–water partition coefficient (Wildman–Crippen LogP) is 1.06. The molecule has 0 spiro atoms. The minimum atomic E-state index is -1.02. The normalized spacial score (nSPS) is 15.2. The Morgan fingerprint density at radius 2 is 2.29 bits per heavy atom. The summed E-state index contributed by atoms with van der Waals surface area (Å²) < 4.78 is 0. The van der Waals surface area contributed by atoms with Crippen molar-refractivity contribution in [3.05, 3.63) is 17.5 Å². The molecular weight excluding hydrogens is 182 g/mol. The van der Waals surface area contributed by atoms with Gasteiger partial charge in [-0.15, -0.1) is 0 Å². The molecule has 1 aromatic rings. The van der Waals surface area contributed by atoms with Gasteiger partial charge in [0.25, 0.3) is 0 Å². The number of carbonyl (C=O) groups is 1. The second-order valence-corrected chi connectivity index (χ2v) is 3.44. The number of carboxylic acid groups (broad SMARTS) is 1. The topological polar surface area (TPSA) is 75.1 Å². The van der Waals surface area contributed by atoms with E-state index in [1.165, 1.54) is 6.07 Å². The highest BCUT2D eigenvalue weighted by Gasteiger charge is 2.22. The van der Waals surface area contributed by atoms with E-state index in [-0.39, 0.29) is 5.69 Å². The Bertz CT molecular complexity index is 374. The van der Waals surface area contributed by atoms with Gasteiger partial charge in [-0.05, 0) is 25.8 Å². The molecule has 14 heavy (non-hydrogen) atoms. The van der Waals surface area contributed by atoms with Crippen LogP contribution < -0.4 is 5.32 Å². The molecule has 0 aromatic carbocycles. The first kappa shape index (κ1) is 8.93. The Morgan fingerprint density at radius 3 is 2.86 bits per heavy atom. The van der Waals surface area contributed by atoms with E-state index in [2.05, 4.69) is 15.3 Å². The lowest BCUT2D eigenvalue weighted by molar-refractivity contribution is 0.0690. The van der Waals surface area contributed by atoms with Crippen LogP contribution in [0.3, 0.4) is 0 Å². The smallest absolute Gasteiger partial charge is 0.354 e. The summed E-state index contributed by atoms with van der Waals surface area (Å²) in [6, 6.07) is 1.89. The molecule has 2 rings (SSSR count). The number of hydrogen-bond acceptors (Lipinski definition) is 4. The molecule has 2 N–H and O–H groups in total. The zero-order chi connectivity index (χ0) is 10.1. The first-order valence-corrected chi connectivity index (χ1v) is 4.50. The molecule has 1 saturated carbocycles. The van der Waals surface area contributed by atoms with Crippen molar-refractivity contribution in [3.8, 4) is 0 Å². The predicted molar refractivity (Wildman–Crippen MR) is 50.4 cm³/mol. The number of rotatable bonds is 3. The van der Waals surface area contributed by atoms with Gasteiger partial charge in [0.1, 0.15) is 0 Å². The quantitative estimate of drug-likeness (QED) is 0.750. The standard InChI is InChI=1S/C9H11N3O2/c1-5-4-7(8(13)14)12-9(10-5)11-6-2-3-6/h4,6H,2-3H2,1H3,(H,13,14)(H,10,11,12). The first-order valence-electron chi connectivity index (χ1n) is 4.50. The Balaban J connectivity index is 2.25. The van der Waals surface area contributed by atoms with Crippen molar-refractivity contribution in [1.29, 1.82) is 0 Å². The average Bonchev–Trinajstić information content (AvgIpc) is 2.87. The number of aryl methyl sites for hydroxylation is 1. The maximum Gasteiger partial charge on any atom is 0.354 e. The lowest BCUT2D eigenvalue weighted by atomic mass is 10.3. The van der Waals surface area contributed by atoms with E-state index >= 15 is 0 Å². The highest BCUT2D eigenvalue weighted by atomic mass is 16.4. The van der Waals surface area contributed by atoms with Gasteiger partial charge in [0.2, 0.25) is 5.95 Å². The Labute approximate surface area is 81.2 Å². The van der Waals surface area contributed by atoms with Crippen molar-refractivity contribution in [1.82, 2.24) is 9.97 Å². The maximum atomic E-state index is 10.7. The summed E-state index contributed by atoms with van der Waals surface area (Å²) in [5.41, 5.74) is 0.709. The second-order valence-electron chi connectivity index (χ2n) is 3.44. The summed E-state index contributed by atoms with van der Waals surface area (Å²) >= 11 is 0. The van der Waals surface area contributed by atoms with Crippen molar-refractivity contribution in [2.45, 2.75) is 25.8 Å². The van der Waals surface area contributed by atoms with Crippen LogP contribution in [0.25, 0.3) is 0 Å². The molecule has 0 saturated heterocycles. The largest absolute Gasteiger partial charge is 0.477 e. The van der Waals surface area contributed by atoms with Gasteiger partial charge >= 0.3 is 5.97 Å². The molecule has 0 aliphatic heterocycles. The van der Waals surface area contributed by atoms with Crippen LogP contribution in [0.2, 0.25) is 0 Å². The van der Waals surface area contributed by atoms with Crippen molar-refractivity contribution in [2.75, 3.05) is 5.32 Å². The minimum Gasteiger partial charge on any atom is -0.477 e. The van der Waals surface area contributed by atoms with Gasteiger partial charge in [-0.1, -0.05) is 0 Å². The number of hydrogen-bond donors (Lipinski definition) is 2. The van der Waals surface area contributed by atoms with Gasteiger partial charge in [-0.2, -0.15) is 0 Å². The highest BCUT2D eigenvalue weighted by molar-refractivity contribution is 5.85. The van der Waals surface area contributed by atoms with Crippen LogP contribution >= 0.6 is 0 Å². The van der Waals surface area contributed by atoms with Gasteiger partial charge in [-0.3, -0.25) is 0 Å². The zero-order valence-corrected chi connectivity index (χ0v) is 7.82. The van der Waals surface area contributed by atoms with Crippen molar-refractivity contribution < 1.29 is 9.90 Å². The molecule has 0 atom stereocenters. The molecule has 74 valence electrons. The number of nitrogens with one attached hydrogen (secondary N) is 1. The van der Waals surface area contributed by atoms with Gasteiger partial charge in [0.15, 0.2) is 5.69 Å². The number of aromatic nitrogens is 2. The third-order valence-corrected chi connectivity index (χ3v) is 1.98. The number of aromatic carboxylic acids is 1. The van der Waals surface area contributed by atoms with E-state index in [1.54, 1.807) is 6.92 Å². The fraction of sp³-hybridized carbons (Fsp3) is 0.444. The van der Waals surface area contributed by atoms with E-state index < -0.39 is 5.97 Å². The highest BCUT2D eigenvalue weighted by Crippen LogP contribution is 2.22. The fourth-order valence-electron chi connectivity index (χ4n) is 1.15. The molecule has 5 nitrogen and oxygen atoms in total. The summed E-state index contributed by atoms with van der Waals surface area (Å²) in [4.78, 5) is 18.7. The molecule has 1 aliphatic carbocycles. The van der Waals surface area contributed by atoms with Crippen LogP contribution in [0.5, 0.6) is 0 Å². The molecule has 1 heterocycles. The van der Waals surface area contributed by atoms with Gasteiger partial charge in [-0.25, -0.2) is 14.8 Å². The van der Waals surface area contributed by atoms with Gasteiger partial charge in [0, 0.05) is 11.7 Å². The lowest BCUT2D eigenvalue weighted by Crippen LogP contribution is -2.10. The van der Waals surface area contributed by atoms with E-state index in [0.29, 0.717) is 17.7 Å². The van der Waals surface area contributed by atoms with E-state index in [4.69, 9.17) is 5.11 Å². The van der Waals surface area contributed by atoms with Crippen LogP contribution in [0.4, 0.5) is 5.95 Å². The molecule has 1 aromatic heterocycles. The molecule has 0 radical (unpaired) electrons. The second kappa shape index (κ2) is 3.25. The summed E-state index contributed by atoms with van der Waals surface area (Å²) in [7, 11) is 0. The van der Waals surface area contributed by atoms with Crippen LogP contribution in [0.15, 0.2) is 6.07 Å². The summed E-state index contributed by atoms with van der Waals surface area (Å²) in [5.74, 6) is -0.598. The van der Waals surface area contributed by atoms with Crippen molar-refractivity contribution in [3.63, 3.8) is 0 Å². The first-order chi connectivity index (χ1) is 6.65. The van der Waals surface area contributed by atoms with Gasteiger partial charge in [0.05, 0.1) is 0 Å². The maximum absolute atomic E-state index is 10.7. The monoisotopic (exact) mass is 193 g/mol. The van der Waals surface area contributed by atoms with Gasteiger partial charge < -0.3 is 10.4 Å². The van der Waals surface area contributed by atoms with Crippen LogP contribution in [0.1, 0.15) is 29.0 Å². The summed E-state index contributed by atoms with van der Waals surface area (Å²) in [6.07, 6.45) is 2.22. The Morgan fingerprint density at radius 1 is 1.57 bits per heavy atom. The molecule has 5 heteroatoms. The lowest BCUT2D eigenvalue weighted by Gasteiger charge is -2.04. The van der Waals surface area contributed by atoms with E-state index in [0.717, 1.165) is 12.8 Å². The van der Waals surface area contributed by atoms with Crippen molar-refractivity contribution >= 4 is 11.9 Å². The zero-order valence-electron chi connectivity index (χ0n) is 7.82. The molecule has 0 bridgehead atoms. The SMILES string of the molecule is Cc1cc(C(=O)O)nc(NC2CC2)n1. The molecule has 1 aliphatic rings. The summed E-state index contributed by atoms with van der Waals surface area (Å²) in [6.45, 7) is 1.76. The molecule has 0 unspecified atom stereocenters. The Kier molecular flexibility index (Phi) is 2.07. The third-order valence-electron chi connectivity index (χ3n) is 1.98. The summed E-state index contributed by atoms with van der Waals surface area (Å²) in [5, 5.41) is 11.8. The van der Waals surface area contributed by atoms with Crippen molar-refractivity contribution in [2.24, 2.45) is 0 Å². The molecular formula is C9H11N3O2. The van der Waals surface area contributed by atoms with E-state index in [9.17, 15) is 4.79 Å². The number of nitrogens with zero attached hydrogens (tertiary/aromatic N) is 2. The average molecular weight is 193 g/mol. The molecule has 1 fully saturated rings. The fourth-order valence-corrected chi connectivity index (χ4v) is 1.15. The third kappa shape index (κ3) is 1.99. The minimum absolute atomic E-state index is 0.0423. The van der Waals surface area contributed by atoms with Crippen LogP contribution in [-0.2, 0) is 0 Å². The van der Waals surface area contributed by atoms with Crippen LogP contribution in [-0.4, -0.2) is 27.1 Å². The van der Waals surface area contributed by atoms with Crippen LogP contribution in [0, 0.1) is 6.92 Å². The Hall–Kier alpha value is -1.65. The van der Waals surface area contributed by atoms with E-state index in [1.807, 2.05) is 0 Å². The molecule has 0 amide bonds.